The number of hydrogen-bond donors (Lipinski definition) is 3. The molecule has 1 aliphatic rings. The van der Waals surface area contributed by atoms with E-state index in [1.807, 2.05) is 13.0 Å². The Morgan fingerprint density at radius 3 is 2.96 bits per heavy atom. The molecule has 0 bridgehead atoms. The number of aromatic nitrogens is 2. The highest BCUT2D eigenvalue weighted by atomic mass is 19.1. The van der Waals surface area contributed by atoms with Crippen molar-refractivity contribution in [1.82, 2.24) is 20.4 Å². The minimum Gasteiger partial charge on any atom is -0.497 e. The molecule has 1 aliphatic heterocycles. The predicted octanol–water partition coefficient (Wildman–Crippen LogP) is 1.51. The monoisotopic (exact) mass is 376 g/mol. The van der Waals surface area contributed by atoms with Crippen LogP contribution in [0.2, 0.25) is 0 Å². The molecule has 8 heteroatoms. The van der Waals surface area contributed by atoms with Gasteiger partial charge in [-0.3, -0.25) is 9.89 Å². The van der Waals surface area contributed by atoms with Gasteiger partial charge in [0.15, 0.2) is 5.60 Å². The molecule has 2 aromatic rings. The number of nitrogens with one attached hydrogen (secondary N) is 2. The summed E-state index contributed by atoms with van der Waals surface area (Å²) in [5.41, 5.74) is 0.631. The van der Waals surface area contributed by atoms with E-state index in [1.54, 1.807) is 6.07 Å². The fraction of sp³-hybridized carbons (Fsp3) is 0.474. The van der Waals surface area contributed by atoms with E-state index in [-0.39, 0.29) is 19.0 Å². The van der Waals surface area contributed by atoms with Crippen LogP contribution in [-0.2, 0) is 17.9 Å². The van der Waals surface area contributed by atoms with Crippen molar-refractivity contribution in [3.63, 3.8) is 0 Å². The summed E-state index contributed by atoms with van der Waals surface area (Å²) < 4.78 is 19.2. The Hall–Kier alpha value is -2.45. The number of carbonyl (C=O) groups excluding carboxylic acids is 1. The van der Waals surface area contributed by atoms with E-state index in [1.165, 1.54) is 24.1 Å². The SMILES string of the molecule is COc1ccc(F)c(CN2CCC[C@](O)(CNCc3cc(C)[nH]n3)C2=O)c1. The second-order valence-electron chi connectivity index (χ2n) is 6.97. The number of amides is 1. The zero-order valence-electron chi connectivity index (χ0n) is 15.6. The van der Waals surface area contributed by atoms with Gasteiger partial charge in [0, 0.05) is 37.4 Å². The predicted molar refractivity (Wildman–Crippen MR) is 97.6 cm³/mol. The van der Waals surface area contributed by atoms with Gasteiger partial charge in [-0.05, 0) is 44.0 Å². The van der Waals surface area contributed by atoms with Crippen LogP contribution in [0, 0.1) is 12.7 Å². The number of aryl methyl sites for hydroxylation is 1. The van der Waals surface area contributed by atoms with E-state index in [2.05, 4.69) is 15.5 Å². The zero-order valence-corrected chi connectivity index (χ0v) is 15.6. The van der Waals surface area contributed by atoms with Crippen molar-refractivity contribution in [3.8, 4) is 5.75 Å². The third-order valence-corrected chi connectivity index (χ3v) is 4.80. The van der Waals surface area contributed by atoms with Gasteiger partial charge in [0.05, 0.1) is 12.8 Å². The first-order chi connectivity index (χ1) is 12.9. The molecule has 1 atom stereocenters. The highest BCUT2D eigenvalue weighted by molar-refractivity contribution is 5.86. The molecule has 1 fully saturated rings. The topological polar surface area (TPSA) is 90.5 Å². The van der Waals surface area contributed by atoms with Crippen molar-refractivity contribution < 1.29 is 19.0 Å². The summed E-state index contributed by atoms with van der Waals surface area (Å²) in [7, 11) is 1.51. The second-order valence-corrected chi connectivity index (χ2v) is 6.97. The molecule has 0 saturated carbocycles. The van der Waals surface area contributed by atoms with Crippen LogP contribution in [0.3, 0.4) is 0 Å². The maximum atomic E-state index is 14.1. The molecule has 27 heavy (non-hydrogen) atoms. The Kier molecular flexibility index (Phi) is 5.76. The number of hydrogen-bond acceptors (Lipinski definition) is 5. The molecule has 1 saturated heterocycles. The molecule has 1 amide bonds. The summed E-state index contributed by atoms with van der Waals surface area (Å²) in [5, 5.41) is 20.9. The van der Waals surface area contributed by atoms with Gasteiger partial charge in [0.2, 0.25) is 0 Å². The normalized spacial score (nSPS) is 20.1. The van der Waals surface area contributed by atoms with Crippen LogP contribution in [0.4, 0.5) is 4.39 Å². The van der Waals surface area contributed by atoms with Crippen molar-refractivity contribution >= 4 is 5.91 Å². The molecule has 7 nitrogen and oxygen atoms in total. The first-order valence-electron chi connectivity index (χ1n) is 8.97. The van der Waals surface area contributed by atoms with Crippen LogP contribution in [0.25, 0.3) is 0 Å². The maximum Gasteiger partial charge on any atom is 0.256 e. The van der Waals surface area contributed by atoms with Gasteiger partial charge >= 0.3 is 0 Å². The van der Waals surface area contributed by atoms with Gasteiger partial charge in [0.25, 0.3) is 5.91 Å². The first-order valence-corrected chi connectivity index (χ1v) is 8.97. The number of rotatable bonds is 7. The lowest BCUT2D eigenvalue weighted by Crippen LogP contribution is -2.57. The maximum absolute atomic E-state index is 14.1. The third-order valence-electron chi connectivity index (χ3n) is 4.80. The molecule has 146 valence electrons. The molecule has 0 radical (unpaired) electrons. The molecular weight excluding hydrogens is 351 g/mol. The third kappa shape index (κ3) is 4.45. The van der Waals surface area contributed by atoms with Crippen LogP contribution in [0.1, 0.15) is 29.8 Å². The summed E-state index contributed by atoms with van der Waals surface area (Å²) in [6.45, 7) is 3.06. The van der Waals surface area contributed by atoms with Crippen LogP contribution in [0.15, 0.2) is 24.3 Å². The fourth-order valence-corrected chi connectivity index (χ4v) is 3.35. The highest BCUT2D eigenvalue weighted by Gasteiger charge is 2.41. The van der Waals surface area contributed by atoms with E-state index in [0.717, 1.165) is 11.4 Å². The van der Waals surface area contributed by atoms with E-state index < -0.39 is 11.4 Å². The Morgan fingerprint density at radius 1 is 1.44 bits per heavy atom. The van der Waals surface area contributed by atoms with Gasteiger partial charge in [-0.2, -0.15) is 5.10 Å². The molecule has 0 aliphatic carbocycles. The molecule has 1 aromatic carbocycles. The Bertz CT molecular complexity index is 810. The lowest BCUT2D eigenvalue weighted by Gasteiger charge is -2.38. The second kappa shape index (κ2) is 8.06. The number of ether oxygens (including phenoxy) is 1. The fourth-order valence-electron chi connectivity index (χ4n) is 3.35. The summed E-state index contributed by atoms with van der Waals surface area (Å²) in [6.07, 6.45) is 1.02. The van der Waals surface area contributed by atoms with E-state index >= 15 is 0 Å². The highest BCUT2D eigenvalue weighted by Crippen LogP contribution is 2.25. The van der Waals surface area contributed by atoms with Crippen LogP contribution < -0.4 is 10.1 Å². The largest absolute Gasteiger partial charge is 0.497 e. The molecule has 0 spiro atoms. The molecular formula is C19H25FN4O3. The molecule has 3 N–H and O–H groups in total. The van der Waals surface area contributed by atoms with Crippen molar-refractivity contribution in [2.24, 2.45) is 0 Å². The quantitative estimate of drug-likeness (QED) is 0.682. The Morgan fingerprint density at radius 2 is 2.26 bits per heavy atom. The van der Waals surface area contributed by atoms with Gasteiger partial charge in [-0.15, -0.1) is 0 Å². The van der Waals surface area contributed by atoms with Crippen LogP contribution in [0.5, 0.6) is 5.75 Å². The van der Waals surface area contributed by atoms with Crippen molar-refractivity contribution in [1.29, 1.82) is 0 Å². The summed E-state index contributed by atoms with van der Waals surface area (Å²) >= 11 is 0. The van der Waals surface area contributed by atoms with Gasteiger partial charge in [-0.25, -0.2) is 4.39 Å². The van der Waals surface area contributed by atoms with E-state index in [0.29, 0.717) is 37.2 Å². The Labute approximate surface area is 157 Å². The average Bonchev–Trinajstić information content (AvgIpc) is 3.06. The number of piperidine rings is 1. The molecule has 1 aromatic heterocycles. The molecule has 3 rings (SSSR count). The van der Waals surface area contributed by atoms with Gasteiger partial charge in [-0.1, -0.05) is 0 Å². The molecule has 0 unspecified atom stereocenters. The van der Waals surface area contributed by atoms with Crippen molar-refractivity contribution in [3.05, 3.63) is 47.0 Å². The van der Waals surface area contributed by atoms with Gasteiger partial charge < -0.3 is 20.1 Å². The number of carbonyl (C=O) groups is 1. The number of aliphatic hydroxyl groups is 1. The van der Waals surface area contributed by atoms with Crippen LogP contribution in [-0.4, -0.2) is 51.9 Å². The lowest BCUT2D eigenvalue weighted by molar-refractivity contribution is -0.157. The van der Waals surface area contributed by atoms with E-state index in [4.69, 9.17) is 4.74 Å². The number of aromatic amines is 1. The minimum atomic E-state index is -1.50. The number of likely N-dealkylation sites (tertiary alicyclic amines) is 1. The summed E-state index contributed by atoms with van der Waals surface area (Å²) in [6, 6.07) is 6.34. The lowest BCUT2D eigenvalue weighted by atomic mass is 9.91. The van der Waals surface area contributed by atoms with Crippen LogP contribution >= 0.6 is 0 Å². The first kappa shape index (κ1) is 19.3. The number of halogens is 1. The average molecular weight is 376 g/mol. The standard InChI is InChI=1S/C19H25FN4O3/c1-13-8-15(23-22-13)10-21-12-19(26)6-3-7-24(18(19)25)11-14-9-16(27-2)4-5-17(14)20/h4-5,8-9,21,26H,3,6-7,10-12H2,1-2H3,(H,22,23)/t19-/m0/s1. The number of H-pyrrole nitrogens is 1. The zero-order chi connectivity index (χ0) is 19.4. The number of nitrogens with zero attached hydrogens (tertiary/aromatic N) is 2. The van der Waals surface area contributed by atoms with Crippen molar-refractivity contribution in [2.45, 2.75) is 38.5 Å². The summed E-state index contributed by atoms with van der Waals surface area (Å²) in [5.74, 6) is -0.256. The number of benzene rings is 1. The Balaban J connectivity index is 1.63. The van der Waals surface area contributed by atoms with E-state index in [9.17, 15) is 14.3 Å². The van der Waals surface area contributed by atoms with Gasteiger partial charge in [0.1, 0.15) is 11.6 Å². The van der Waals surface area contributed by atoms with Crippen molar-refractivity contribution in [2.75, 3.05) is 20.2 Å². The minimum absolute atomic E-state index is 0.0999. The summed E-state index contributed by atoms with van der Waals surface area (Å²) in [4.78, 5) is 14.3. The molecule has 2 heterocycles. The number of methoxy groups -OCH3 is 1. The smallest absolute Gasteiger partial charge is 0.256 e.